The number of benzene rings is 1. The number of hydrogen-bond donors (Lipinski definition) is 1. The fourth-order valence-corrected chi connectivity index (χ4v) is 4.40. The van der Waals surface area contributed by atoms with Gasteiger partial charge in [-0.15, -0.1) is 0 Å². The Hall–Kier alpha value is -1.44. The first-order valence-electron chi connectivity index (χ1n) is 7.97. The standard InChI is InChI=1S/C17H24O6S/c1-11-14(23-16(17(19)22-3)12(2)15(11)18)9-10-24(20,21)13-7-5-4-6-8-13/h4-8,11-12,14-16,18H,9-10H2,1-3H3. The third kappa shape index (κ3) is 3.96. The predicted octanol–water partition coefficient (Wildman–Crippen LogP) is 1.42. The monoisotopic (exact) mass is 356 g/mol. The molecule has 1 aliphatic heterocycles. The fourth-order valence-electron chi connectivity index (χ4n) is 3.05. The first kappa shape index (κ1) is 18.9. The summed E-state index contributed by atoms with van der Waals surface area (Å²) in [6.07, 6.45) is -1.97. The molecule has 1 saturated heterocycles. The minimum atomic E-state index is -3.44. The van der Waals surface area contributed by atoms with Gasteiger partial charge in [-0.05, 0) is 18.6 Å². The molecule has 1 N–H and O–H groups in total. The van der Waals surface area contributed by atoms with Crippen LogP contribution in [0.25, 0.3) is 0 Å². The summed E-state index contributed by atoms with van der Waals surface area (Å²) in [6.45, 7) is 3.52. The van der Waals surface area contributed by atoms with Gasteiger partial charge in [0.2, 0.25) is 0 Å². The van der Waals surface area contributed by atoms with E-state index in [1.165, 1.54) is 7.11 Å². The lowest BCUT2D eigenvalue weighted by Gasteiger charge is -2.41. The number of ether oxygens (including phenoxy) is 2. The molecule has 0 aliphatic carbocycles. The van der Waals surface area contributed by atoms with Crippen molar-refractivity contribution in [2.75, 3.05) is 12.9 Å². The SMILES string of the molecule is COC(=O)C1OC(CCS(=O)(=O)c2ccccc2)C(C)C(O)C1C. The molecule has 0 radical (unpaired) electrons. The van der Waals surface area contributed by atoms with E-state index in [0.29, 0.717) is 0 Å². The van der Waals surface area contributed by atoms with E-state index in [-0.39, 0.29) is 23.0 Å². The zero-order chi connectivity index (χ0) is 17.9. The minimum Gasteiger partial charge on any atom is -0.467 e. The predicted molar refractivity (Wildman–Crippen MR) is 88.1 cm³/mol. The van der Waals surface area contributed by atoms with Gasteiger partial charge < -0.3 is 14.6 Å². The summed E-state index contributed by atoms with van der Waals surface area (Å²) in [6, 6.07) is 8.20. The Morgan fingerprint density at radius 3 is 2.42 bits per heavy atom. The van der Waals surface area contributed by atoms with Crippen molar-refractivity contribution in [2.45, 2.75) is 43.5 Å². The van der Waals surface area contributed by atoms with Gasteiger partial charge in [0.1, 0.15) is 0 Å². The average Bonchev–Trinajstić information content (AvgIpc) is 2.59. The lowest BCUT2D eigenvalue weighted by molar-refractivity contribution is -0.193. The van der Waals surface area contributed by atoms with Crippen molar-refractivity contribution in [1.82, 2.24) is 0 Å². The first-order chi connectivity index (χ1) is 11.3. The molecule has 0 bridgehead atoms. The highest BCUT2D eigenvalue weighted by molar-refractivity contribution is 7.91. The molecule has 0 spiro atoms. The average molecular weight is 356 g/mol. The molecular formula is C17H24O6S. The molecule has 1 aromatic rings. The van der Waals surface area contributed by atoms with E-state index in [4.69, 9.17) is 9.47 Å². The van der Waals surface area contributed by atoms with Crippen LogP contribution in [0.5, 0.6) is 0 Å². The number of methoxy groups -OCH3 is 1. The van der Waals surface area contributed by atoms with E-state index in [1.54, 1.807) is 44.2 Å². The maximum absolute atomic E-state index is 12.4. The molecule has 1 aromatic carbocycles. The Bertz CT molecular complexity index is 657. The maximum atomic E-state index is 12.4. The van der Waals surface area contributed by atoms with Gasteiger partial charge >= 0.3 is 5.97 Å². The van der Waals surface area contributed by atoms with Crippen molar-refractivity contribution in [3.63, 3.8) is 0 Å². The smallest absolute Gasteiger partial charge is 0.335 e. The van der Waals surface area contributed by atoms with Crippen molar-refractivity contribution in [3.05, 3.63) is 30.3 Å². The molecule has 134 valence electrons. The number of hydrogen-bond acceptors (Lipinski definition) is 6. The molecule has 0 amide bonds. The van der Waals surface area contributed by atoms with Crippen LogP contribution in [0.15, 0.2) is 35.2 Å². The Labute approximate surface area is 142 Å². The van der Waals surface area contributed by atoms with E-state index in [1.807, 2.05) is 0 Å². The van der Waals surface area contributed by atoms with Gasteiger partial charge in [-0.3, -0.25) is 0 Å². The van der Waals surface area contributed by atoms with Gasteiger partial charge in [0.25, 0.3) is 0 Å². The summed E-state index contributed by atoms with van der Waals surface area (Å²) in [5.41, 5.74) is 0. The van der Waals surface area contributed by atoms with Crippen LogP contribution in [0.3, 0.4) is 0 Å². The zero-order valence-corrected chi connectivity index (χ0v) is 14.9. The van der Waals surface area contributed by atoms with Crippen molar-refractivity contribution < 1.29 is 27.8 Å². The van der Waals surface area contributed by atoms with Gasteiger partial charge in [0.05, 0.1) is 30.0 Å². The molecule has 6 nitrogen and oxygen atoms in total. The van der Waals surface area contributed by atoms with E-state index in [2.05, 4.69) is 0 Å². The van der Waals surface area contributed by atoms with Gasteiger partial charge in [-0.25, -0.2) is 13.2 Å². The van der Waals surface area contributed by atoms with Gasteiger partial charge in [0, 0.05) is 11.8 Å². The van der Waals surface area contributed by atoms with Crippen LogP contribution in [0, 0.1) is 11.8 Å². The van der Waals surface area contributed by atoms with Gasteiger partial charge in [-0.1, -0.05) is 32.0 Å². The summed E-state index contributed by atoms with van der Waals surface area (Å²) in [4.78, 5) is 12.1. The van der Waals surface area contributed by atoms with Crippen LogP contribution >= 0.6 is 0 Å². The molecule has 1 aliphatic rings. The van der Waals surface area contributed by atoms with E-state index < -0.39 is 40.0 Å². The van der Waals surface area contributed by atoms with Crippen LogP contribution in [0.2, 0.25) is 0 Å². The molecule has 2 rings (SSSR count). The van der Waals surface area contributed by atoms with Gasteiger partial charge in [-0.2, -0.15) is 0 Å². The third-order valence-corrected chi connectivity index (χ3v) is 6.43. The third-order valence-electron chi connectivity index (χ3n) is 4.67. The summed E-state index contributed by atoms with van der Waals surface area (Å²) in [5, 5.41) is 10.3. The van der Waals surface area contributed by atoms with Crippen LogP contribution < -0.4 is 0 Å². The number of esters is 1. The Morgan fingerprint density at radius 2 is 1.83 bits per heavy atom. The van der Waals surface area contributed by atoms with E-state index in [9.17, 15) is 18.3 Å². The van der Waals surface area contributed by atoms with Crippen molar-refractivity contribution in [1.29, 1.82) is 0 Å². The Kier molecular flexibility index (Phi) is 6.01. The van der Waals surface area contributed by atoms with Crippen molar-refractivity contribution >= 4 is 15.8 Å². The topological polar surface area (TPSA) is 89.9 Å². The van der Waals surface area contributed by atoms with Crippen LogP contribution in [0.4, 0.5) is 0 Å². The fraction of sp³-hybridized carbons (Fsp3) is 0.588. The number of carbonyl (C=O) groups excluding carboxylic acids is 1. The number of aliphatic hydroxyl groups excluding tert-OH is 1. The molecule has 5 atom stereocenters. The first-order valence-corrected chi connectivity index (χ1v) is 9.62. The highest BCUT2D eigenvalue weighted by atomic mass is 32.2. The molecule has 1 heterocycles. The van der Waals surface area contributed by atoms with Crippen LogP contribution in [0.1, 0.15) is 20.3 Å². The largest absolute Gasteiger partial charge is 0.467 e. The maximum Gasteiger partial charge on any atom is 0.335 e. The van der Waals surface area contributed by atoms with Crippen LogP contribution in [-0.2, 0) is 24.1 Å². The second-order valence-electron chi connectivity index (χ2n) is 6.25. The summed E-state index contributed by atoms with van der Waals surface area (Å²) < 4.78 is 35.3. The summed E-state index contributed by atoms with van der Waals surface area (Å²) in [7, 11) is -2.17. The normalized spacial score (nSPS) is 30.8. The minimum absolute atomic E-state index is 0.110. The second kappa shape index (κ2) is 7.63. The lowest BCUT2D eigenvalue weighted by atomic mass is 9.82. The number of aliphatic hydroxyl groups is 1. The quantitative estimate of drug-likeness (QED) is 0.803. The number of rotatable bonds is 5. The molecule has 0 aromatic heterocycles. The van der Waals surface area contributed by atoms with Crippen LogP contribution in [-0.4, -0.2) is 50.7 Å². The summed E-state index contributed by atoms with van der Waals surface area (Å²) in [5.74, 6) is -1.34. The highest BCUT2D eigenvalue weighted by Crippen LogP contribution is 2.32. The van der Waals surface area contributed by atoms with E-state index >= 15 is 0 Å². The summed E-state index contributed by atoms with van der Waals surface area (Å²) >= 11 is 0. The molecular weight excluding hydrogens is 332 g/mol. The molecule has 7 heteroatoms. The molecule has 24 heavy (non-hydrogen) atoms. The van der Waals surface area contributed by atoms with E-state index in [0.717, 1.165) is 0 Å². The second-order valence-corrected chi connectivity index (χ2v) is 8.36. The lowest BCUT2D eigenvalue weighted by Crippen LogP contribution is -2.52. The van der Waals surface area contributed by atoms with Crippen molar-refractivity contribution in [3.8, 4) is 0 Å². The number of sulfone groups is 1. The molecule has 0 saturated carbocycles. The molecule has 5 unspecified atom stereocenters. The highest BCUT2D eigenvalue weighted by Gasteiger charge is 2.44. The van der Waals surface area contributed by atoms with Crippen molar-refractivity contribution in [2.24, 2.45) is 11.8 Å². The number of carbonyl (C=O) groups is 1. The Balaban J connectivity index is 2.09. The molecule has 1 fully saturated rings. The van der Waals surface area contributed by atoms with Gasteiger partial charge in [0.15, 0.2) is 15.9 Å². The zero-order valence-electron chi connectivity index (χ0n) is 14.1. The Morgan fingerprint density at radius 1 is 1.21 bits per heavy atom.